The van der Waals surface area contributed by atoms with Gasteiger partial charge in [0.1, 0.15) is 5.02 Å². The average Bonchev–Trinajstić information content (AvgIpc) is 2.55. The van der Waals surface area contributed by atoms with Crippen LogP contribution in [0.5, 0.6) is 5.88 Å². The summed E-state index contributed by atoms with van der Waals surface area (Å²) in [4.78, 5) is 10.2. The lowest BCUT2D eigenvalue weighted by Crippen LogP contribution is -2.36. The number of halogens is 2. The molecule has 6 heteroatoms. The van der Waals surface area contributed by atoms with Crippen LogP contribution in [0, 0.1) is 11.7 Å². The second-order valence-electron chi connectivity index (χ2n) is 5.34. The minimum absolute atomic E-state index is 0.266. The van der Waals surface area contributed by atoms with E-state index in [-0.39, 0.29) is 5.82 Å². The van der Waals surface area contributed by atoms with Gasteiger partial charge in [-0.15, -0.1) is 0 Å². The van der Waals surface area contributed by atoms with Crippen LogP contribution in [-0.2, 0) is 0 Å². The molecule has 22 heavy (non-hydrogen) atoms. The number of hydrogen-bond acceptors (Lipinski definition) is 4. The Kier molecular flexibility index (Phi) is 4.73. The largest absolute Gasteiger partial charge is 0.476 e. The molecule has 116 valence electrons. The molecule has 1 aliphatic heterocycles. The topological polar surface area (TPSA) is 38.2 Å². The first-order valence-electron chi connectivity index (χ1n) is 7.33. The molecular weight excluding hydrogens is 305 g/mol. The summed E-state index contributed by atoms with van der Waals surface area (Å²) in [6.45, 7) is 2.13. The van der Waals surface area contributed by atoms with Crippen LogP contribution in [0.3, 0.4) is 0 Å². The Bertz CT molecular complexity index is 632. The van der Waals surface area contributed by atoms with E-state index in [2.05, 4.69) is 9.97 Å². The molecule has 2 aromatic heterocycles. The average molecular weight is 322 g/mol. The van der Waals surface area contributed by atoms with Crippen molar-refractivity contribution in [2.75, 3.05) is 24.6 Å². The summed E-state index contributed by atoms with van der Waals surface area (Å²) in [6.07, 6.45) is 5.14. The SMILES string of the molecule is Fc1cccnc1N1CCC(COc2ncccc2Cl)CC1. The van der Waals surface area contributed by atoms with E-state index in [1.54, 1.807) is 30.6 Å². The molecule has 0 atom stereocenters. The molecule has 1 aliphatic rings. The van der Waals surface area contributed by atoms with Crippen LogP contribution in [0.4, 0.5) is 10.2 Å². The van der Waals surface area contributed by atoms with Gasteiger partial charge in [0.15, 0.2) is 11.6 Å². The molecule has 0 spiro atoms. The molecule has 0 radical (unpaired) electrons. The Labute approximate surface area is 133 Å². The van der Waals surface area contributed by atoms with Crippen LogP contribution >= 0.6 is 11.6 Å². The van der Waals surface area contributed by atoms with Gasteiger partial charge in [-0.05, 0) is 43.0 Å². The van der Waals surface area contributed by atoms with E-state index in [9.17, 15) is 4.39 Å². The van der Waals surface area contributed by atoms with Crippen molar-refractivity contribution in [3.63, 3.8) is 0 Å². The van der Waals surface area contributed by atoms with Crippen LogP contribution in [0.25, 0.3) is 0 Å². The molecule has 2 aromatic rings. The third kappa shape index (κ3) is 3.47. The van der Waals surface area contributed by atoms with E-state index in [4.69, 9.17) is 16.3 Å². The Morgan fingerprint density at radius 1 is 1.18 bits per heavy atom. The summed E-state index contributed by atoms with van der Waals surface area (Å²) in [6, 6.07) is 6.59. The van der Waals surface area contributed by atoms with Gasteiger partial charge in [-0.1, -0.05) is 11.6 Å². The van der Waals surface area contributed by atoms with Gasteiger partial charge in [0.05, 0.1) is 6.61 Å². The maximum atomic E-state index is 13.7. The molecule has 4 nitrogen and oxygen atoms in total. The highest BCUT2D eigenvalue weighted by atomic mass is 35.5. The molecule has 0 aliphatic carbocycles. The number of piperidine rings is 1. The smallest absolute Gasteiger partial charge is 0.232 e. The molecule has 3 heterocycles. The Balaban J connectivity index is 1.52. The predicted octanol–water partition coefficient (Wildman–Crippen LogP) is 3.56. The zero-order valence-corrected chi connectivity index (χ0v) is 12.8. The molecule has 0 amide bonds. The summed E-state index contributed by atoms with van der Waals surface area (Å²) in [5.41, 5.74) is 0. The maximum Gasteiger partial charge on any atom is 0.232 e. The van der Waals surface area contributed by atoms with Crippen molar-refractivity contribution in [3.05, 3.63) is 47.5 Å². The Morgan fingerprint density at radius 2 is 1.91 bits per heavy atom. The molecule has 1 fully saturated rings. The molecule has 0 bridgehead atoms. The number of pyridine rings is 2. The summed E-state index contributed by atoms with van der Waals surface area (Å²) >= 11 is 6.02. The molecular formula is C16H17ClFN3O. The fourth-order valence-corrected chi connectivity index (χ4v) is 2.77. The first kappa shape index (κ1) is 15.0. The second-order valence-corrected chi connectivity index (χ2v) is 5.75. The minimum atomic E-state index is -0.266. The number of aromatic nitrogens is 2. The normalized spacial score (nSPS) is 15.8. The number of anilines is 1. The Hall–Kier alpha value is -1.88. The van der Waals surface area contributed by atoms with Crippen molar-refractivity contribution < 1.29 is 9.13 Å². The van der Waals surface area contributed by atoms with Gasteiger partial charge in [-0.3, -0.25) is 0 Å². The van der Waals surface area contributed by atoms with Gasteiger partial charge < -0.3 is 9.64 Å². The van der Waals surface area contributed by atoms with Crippen LogP contribution in [0.1, 0.15) is 12.8 Å². The summed E-state index contributed by atoms with van der Waals surface area (Å²) in [5, 5.41) is 0.524. The number of nitrogens with zero attached hydrogens (tertiary/aromatic N) is 3. The van der Waals surface area contributed by atoms with Gasteiger partial charge in [-0.25, -0.2) is 14.4 Å². The lowest BCUT2D eigenvalue weighted by molar-refractivity contribution is 0.216. The monoisotopic (exact) mass is 321 g/mol. The molecule has 3 rings (SSSR count). The van der Waals surface area contributed by atoms with Crippen molar-refractivity contribution >= 4 is 17.4 Å². The lowest BCUT2D eigenvalue weighted by Gasteiger charge is -2.32. The van der Waals surface area contributed by atoms with E-state index in [0.29, 0.717) is 29.2 Å². The number of rotatable bonds is 4. The summed E-state index contributed by atoms with van der Waals surface area (Å²) in [7, 11) is 0. The highest BCUT2D eigenvalue weighted by molar-refractivity contribution is 6.31. The van der Waals surface area contributed by atoms with Crippen molar-refractivity contribution in [1.82, 2.24) is 9.97 Å². The van der Waals surface area contributed by atoms with Gasteiger partial charge in [-0.2, -0.15) is 0 Å². The van der Waals surface area contributed by atoms with Crippen molar-refractivity contribution in [2.45, 2.75) is 12.8 Å². The fraction of sp³-hybridized carbons (Fsp3) is 0.375. The number of hydrogen-bond donors (Lipinski definition) is 0. The van der Waals surface area contributed by atoms with Gasteiger partial charge >= 0.3 is 0 Å². The summed E-state index contributed by atoms with van der Waals surface area (Å²) < 4.78 is 19.4. The lowest BCUT2D eigenvalue weighted by atomic mass is 9.98. The zero-order valence-electron chi connectivity index (χ0n) is 12.1. The highest BCUT2D eigenvalue weighted by Crippen LogP contribution is 2.25. The third-order valence-electron chi connectivity index (χ3n) is 3.83. The van der Waals surface area contributed by atoms with Crippen LogP contribution in [0.2, 0.25) is 5.02 Å². The highest BCUT2D eigenvalue weighted by Gasteiger charge is 2.22. The zero-order chi connectivity index (χ0) is 15.4. The molecule has 0 saturated carbocycles. The maximum absolute atomic E-state index is 13.7. The van der Waals surface area contributed by atoms with E-state index >= 15 is 0 Å². The van der Waals surface area contributed by atoms with Gasteiger partial charge in [0.25, 0.3) is 0 Å². The molecule has 1 saturated heterocycles. The van der Waals surface area contributed by atoms with Crippen LogP contribution in [-0.4, -0.2) is 29.7 Å². The van der Waals surface area contributed by atoms with E-state index in [1.807, 2.05) is 4.90 Å². The molecule has 0 unspecified atom stereocenters. The summed E-state index contributed by atoms with van der Waals surface area (Å²) in [5.74, 6) is 1.07. The fourth-order valence-electron chi connectivity index (χ4n) is 2.60. The Morgan fingerprint density at radius 3 is 2.64 bits per heavy atom. The van der Waals surface area contributed by atoms with E-state index in [1.165, 1.54) is 6.07 Å². The molecule has 0 aromatic carbocycles. The third-order valence-corrected chi connectivity index (χ3v) is 4.12. The van der Waals surface area contributed by atoms with Crippen LogP contribution < -0.4 is 9.64 Å². The first-order chi connectivity index (χ1) is 10.7. The van der Waals surface area contributed by atoms with Crippen molar-refractivity contribution in [3.8, 4) is 5.88 Å². The standard InChI is InChI=1S/C16H17ClFN3O/c17-13-3-1-8-20-16(13)22-11-12-5-9-21(10-6-12)15-14(18)4-2-7-19-15/h1-4,7-8,12H,5-6,9-11H2. The first-order valence-corrected chi connectivity index (χ1v) is 7.70. The predicted molar refractivity (Wildman–Crippen MR) is 83.9 cm³/mol. The molecule has 0 N–H and O–H groups in total. The minimum Gasteiger partial charge on any atom is -0.476 e. The van der Waals surface area contributed by atoms with Gasteiger partial charge in [0, 0.05) is 25.5 Å². The second kappa shape index (κ2) is 6.92. The van der Waals surface area contributed by atoms with Crippen LogP contribution in [0.15, 0.2) is 36.7 Å². The van der Waals surface area contributed by atoms with Crippen molar-refractivity contribution in [1.29, 1.82) is 0 Å². The number of ether oxygens (including phenoxy) is 1. The van der Waals surface area contributed by atoms with Crippen molar-refractivity contribution in [2.24, 2.45) is 5.92 Å². The van der Waals surface area contributed by atoms with E-state index < -0.39 is 0 Å². The van der Waals surface area contributed by atoms with Gasteiger partial charge in [0.2, 0.25) is 5.88 Å². The van der Waals surface area contributed by atoms with E-state index in [0.717, 1.165) is 25.9 Å². The quantitative estimate of drug-likeness (QED) is 0.863.